The summed E-state index contributed by atoms with van der Waals surface area (Å²) in [5.74, 6) is 0.877. The first kappa shape index (κ1) is 20.0. The van der Waals surface area contributed by atoms with Crippen LogP contribution in [0.5, 0.6) is 0 Å². The highest BCUT2D eigenvalue weighted by molar-refractivity contribution is 5.85. The van der Waals surface area contributed by atoms with Crippen molar-refractivity contribution in [2.24, 2.45) is 5.92 Å². The van der Waals surface area contributed by atoms with E-state index in [-0.39, 0.29) is 30.7 Å². The average molecular weight is 352 g/mol. The van der Waals surface area contributed by atoms with Crippen molar-refractivity contribution in [1.82, 2.24) is 15.5 Å². The Balaban J connectivity index is 0.00000121. The molecule has 22 heavy (non-hydrogen) atoms. The lowest BCUT2D eigenvalue weighted by Crippen LogP contribution is -2.40. The van der Waals surface area contributed by atoms with Crippen LogP contribution < -0.4 is 10.6 Å². The lowest BCUT2D eigenvalue weighted by Gasteiger charge is -2.28. The molecule has 0 aromatic carbocycles. The maximum Gasteiger partial charge on any atom is 0.220 e. The number of amides is 1. The molecule has 6 heteroatoms. The minimum absolute atomic E-state index is 0. The Bertz CT molecular complexity index is 340. The van der Waals surface area contributed by atoms with Gasteiger partial charge in [0.05, 0.1) is 0 Å². The summed E-state index contributed by atoms with van der Waals surface area (Å²) in [6, 6.07) is 2.19. The monoisotopic (exact) mass is 351 g/mol. The van der Waals surface area contributed by atoms with Gasteiger partial charge in [0.25, 0.3) is 0 Å². The molecule has 2 atom stereocenters. The van der Waals surface area contributed by atoms with Crippen LogP contribution in [0.2, 0.25) is 0 Å². The van der Waals surface area contributed by atoms with Crippen molar-refractivity contribution in [1.29, 1.82) is 0 Å². The van der Waals surface area contributed by atoms with Gasteiger partial charge in [0.15, 0.2) is 0 Å². The predicted octanol–water partition coefficient (Wildman–Crippen LogP) is 2.35. The van der Waals surface area contributed by atoms with Gasteiger partial charge in [0.2, 0.25) is 5.91 Å². The van der Waals surface area contributed by atoms with Gasteiger partial charge < -0.3 is 10.6 Å². The fraction of sp³-hybridized carbons (Fsp3) is 0.938. The van der Waals surface area contributed by atoms with Gasteiger partial charge in [-0.25, -0.2) is 0 Å². The standard InChI is InChI=1S/C16H29N3O.2ClH/c1-2-19(15-5-6-15)8-7-17-16(20)11-12-9-13-3-4-14(10-12)18-13;;/h12-15,18H,2-11H2,1H3,(H,17,20);2*1H. The maximum atomic E-state index is 12.1. The molecule has 2 unspecified atom stereocenters. The van der Waals surface area contributed by atoms with E-state index in [1.807, 2.05) is 0 Å². The molecule has 1 saturated carbocycles. The van der Waals surface area contributed by atoms with Crippen LogP contribution in [0.1, 0.15) is 51.9 Å². The van der Waals surface area contributed by atoms with E-state index in [1.165, 1.54) is 38.5 Å². The zero-order valence-corrected chi connectivity index (χ0v) is 15.2. The number of nitrogens with one attached hydrogen (secondary N) is 2. The molecule has 3 fully saturated rings. The van der Waals surface area contributed by atoms with Gasteiger partial charge in [0, 0.05) is 37.6 Å². The Kier molecular flexibility index (Phi) is 8.47. The number of carbonyl (C=O) groups is 1. The summed E-state index contributed by atoms with van der Waals surface area (Å²) in [6.07, 6.45) is 8.47. The van der Waals surface area contributed by atoms with Crippen molar-refractivity contribution in [2.45, 2.75) is 70.0 Å². The predicted molar refractivity (Wildman–Crippen MR) is 95.1 cm³/mol. The third-order valence-corrected chi connectivity index (χ3v) is 5.24. The third kappa shape index (κ3) is 5.55. The summed E-state index contributed by atoms with van der Waals surface area (Å²) in [5.41, 5.74) is 0. The second-order valence-corrected chi connectivity index (χ2v) is 6.89. The Morgan fingerprint density at radius 1 is 1.14 bits per heavy atom. The number of carbonyl (C=O) groups excluding carboxylic acids is 1. The molecule has 0 aromatic rings. The van der Waals surface area contributed by atoms with Crippen LogP contribution in [0, 0.1) is 5.92 Å². The summed E-state index contributed by atoms with van der Waals surface area (Å²) in [7, 11) is 0. The molecule has 2 aliphatic heterocycles. The Hall–Kier alpha value is -0.0300. The molecule has 2 bridgehead atoms. The van der Waals surface area contributed by atoms with E-state index in [2.05, 4.69) is 22.5 Å². The molecule has 130 valence electrons. The van der Waals surface area contributed by atoms with Crippen molar-refractivity contribution in [2.75, 3.05) is 19.6 Å². The van der Waals surface area contributed by atoms with E-state index in [0.717, 1.165) is 32.1 Å². The number of fused-ring (bicyclic) bond motifs is 2. The van der Waals surface area contributed by atoms with Crippen LogP contribution in [0.25, 0.3) is 0 Å². The zero-order chi connectivity index (χ0) is 13.9. The minimum atomic E-state index is 0. The van der Waals surface area contributed by atoms with Gasteiger partial charge in [-0.1, -0.05) is 6.92 Å². The van der Waals surface area contributed by atoms with E-state index in [1.54, 1.807) is 0 Å². The first-order valence-electron chi connectivity index (χ1n) is 8.51. The van der Waals surface area contributed by atoms with E-state index in [9.17, 15) is 4.79 Å². The number of rotatable bonds is 7. The Morgan fingerprint density at radius 2 is 1.77 bits per heavy atom. The van der Waals surface area contributed by atoms with Gasteiger partial charge in [0.1, 0.15) is 0 Å². The normalized spacial score (nSPS) is 29.6. The number of nitrogens with zero attached hydrogens (tertiary/aromatic N) is 1. The summed E-state index contributed by atoms with van der Waals surface area (Å²) in [6.45, 7) is 5.16. The quantitative estimate of drug-likeness (QED) is 0.739. The van der Waals surface area contributed by atoms with Crippen molar-refractivity contribution in [3.63, 3.8) is 0 Å². The van der Waals surface area contributed by atoms with Crippen molar-refractivity contribution >= 4 is 30.7 Å². The first-order chi connectivity index (χ1) is 9.74. The Morgan fingerprint density at radius 3 is 2.32 bits per heavy atom. The van der Waals surface area contributed by atoms with Gasteiger partial charge in [-0.3, -0.25) is 9.69 Å². The summed E-state index contributed by atoms with van der Waals surface area (Å²) in [4.78, 5) is 14.5. The van der Waals surface area contributed by atoms with E-state index < -0.39 is 0 Å². The SMILES string of the molecule is CCN(CCNC(=O)CC1CC2CCC(C1)N2)C1CC1.Cl.Cl. The minimum Gasteiger partial charge on any atom is -0.355 e. The molecule has 4 nitrogen and oxygen atoms in total. The van der Waals surface area contributed by atoms with Crippen LogP contribution in [0.3, 0.4) is 0 Å². The smallest absolute Gasteiger partial charge is 0.220 e. The molecule has 1 aliphatic carbocycles. The molecule has 3 rings (SSSR count). The van der Waals surface area contributed by atoms with Gasteiger partial charge in [-0.05, 0) is 51.0 Å². The molecule has 0 radical (unpaired) electrons. The number of halogens is 2. The number of hydrogen-bond donors (Lipinski definition) is 2. The second kappa shape index (κ2) is 9.31. The van der Waals surface area contributed by atoms with E-state index >= 15 is 0 Å². The van der Waals surface area contributed by atoms with E-state index in [4.69, 9.17) is 0 Å². The summed E-state index contributed by atoms with van der Waals surface area (Å²) < 4.78 is 0. The molecule has 0 spiro atoms. The van der Waals surface area contributed by atoms with Crippen molar-refractivity contribution < 1.29 is 4.79 Å². The number of piperidine rings is 1. The largest absolute Gasteiger partial charge is 0.355 e. The van der Waals surface area contributed by atoms with Crippen molar-refractivity contribution in [3.05, 3.63) is 0 Å². The van der Waals surface area contributed by atoms with Crippen LogP contribution in [-0.2, 0) is 4.79 Å². The van der Waals surface area contributed by atoms with Crippen LogP contribution in [-0.4, -0.2) is 48.6 Å². The van der Waals surface area contributed by atoms with Gasteiger partial charge in [-0.2, -0.15) is 0 Å². The summed E-state index contributed by atoms with van der Waals surface area (Å²) in [5, 5.41) is 6.77. The summed E-state index contributed by atoms with van der Waals surface area (Å²) >= 11 is 0. The Labute approximate surface area is 147 Å². The lowest BCUT2D eigenvalue weighted by atomic mass is 9.89. The molecule has 2 N–H and O–H groups in total. The second-order valence-electron chi connectivity index (χ2n) is 6.89. The lowest BCUT2D eigenvalue weighted by molar-refractivity contribution is -0.122. The first-order valence-corrected chi connectivity index (χ1v) is 8.51. The number of likely N-dealkylation sites (N-methyl/N-ethyl adjacent to an activating group) is 1. The van der Waals surface area contributed by atoms with Crippen LogP contribution in [0.15, 0.2) is 0 Å². The van der Waals surface area contributed by atoms with Crippen molar-refractivity contribution in [3.8, 4) is 0 Å². The molecule has 1 amide bonds. The van der Waals surface area contributed by atoms with Crippen LogP contribution >= 0.6 is 24.8 Å². The van der Waals surface area contributed by atoms with E-state index in [0.29, 0.717) is 18.0 Å². The number of hydrogen-bond acceptors (Lipinski definition) is 3. The maximum absolute atomic E-state index is 12.1. The molecule has 2 heterocycles. The molecule has 0 aromatic heterocycles. The molecule has 3 aliphatic rings. The average Bonchev–Trinajstić information content (AvgIpc) is 3.21. The van der Waals surface area contributed by atoms with Crippen LogP contribution in [0.4, 0.5) is 0 Å². The highest BCUT2D eigenvalue weighted by atomic mass is 35.5. The third-order valence-electron chi connectivity index (χ3n) is 5.24. The fourth-order valence-electron chi connectivity index (χ4n) is 4.05. The highest BCUT2D eigenvalue weighted by Gasteiger charge is 2.34. The topological polar surface area (TPSA) is 44.4 Å². The zero-order valence-electron chi connectivity index (χ0n) is 13.6. The van der Waals surface area contributed by atoms with Gasteiger partial charge >= 0.3 is 0 Å². The van der Waals surface area contributed by atoms with Gasteiger partial charge in [-0.15, -0.1) is 24.8 Å². The highest BCUT2D eigenvalue weighted by Crippen LogP contribution is 2.32. The molecule has 2 saturated heterocycles. The fourth-order valence-corrected chi connectivity index (χ4v) is 4.05. The molecular formula is C16H31Cl2N3O. The molecular weight excluding hydrogens is 321 g/mol.